The molecule has 1 aliphatic rings. The molecular weight excluding hydrogens is 344 g/mol. The van der Waals surface area contributed by atoms with Crippen LogP contribution < -0.4 is 16.8 Å². The molecule has 0 unspecified atom stereocenters. The van der Waals surface area contributed by atoms with Crippen molar-refractivity contribution in [2.24, 2.45) is 23.3 Å². The van der Waals surface area contributed by atoms with Crippen molar-refractivity contribution in [1.29, 1.82) is 0 Å². The summed E-state index contributed by atoms with van der Waals surface area (Å²) in [4.78, 5) is 27.4. The molecule has 1 saturated carbocycles. The van der Waals surface area contributed by atoms with Gasteiger partial charge in [-0.3, -0.25) is 9.59 Å². The molecule has 0 bridgehead atoms. The maximum atomic E-state index is 12.3. The lowest BCUT2D eigenvalue weighted by Crippen LogP contribution is -2.29. The van der Waals surface area contributed by atoms with Gasteiger partial charge in [-0.15, -0.1) is 24.2 Å². The van der Waals surface area contributed by atoms with Crippen molar-refractivity contribution in [3.8, 4) is 0 Å². The molecule has 5 N–H and O–H groups in total. The molecule has 2 amide bonds. The average molecular weight is 365 g/mol. The number of nitrogens with two attached hydrogens (primary N) is 2. The molecule has 1 fully saturated rings. The number of carbonyl (C=O) groups is 2. The third-order valence-corrected chi connectivity index (χ3v) is 6.09. The van der Waals surface area contributed by atoms with Gasteiger partial charge in [0, 0.05) is 5.92 Å². The Morgan fingerprint density at radius 3 is 2.82 bits per heavy atom. The van der Waals surface area contributed by atoms with Gasteiger partial charge in [-0.25, -0.2) is 4.98 Å². The molecule has 9 heteroatoms. The minimum atomic E-state index is -0.366. The number of rotatable bonds is 6. The zero-order valence-corrected chi connectivity index (χ0v) is 14.8. The van der Waals surface area contributed by atoms with Crippen molar-refractivity contribution in [1.82, 2.24) is 4.98 Å². The fraction of sp³-hybridized carbons (Fsp3) is 0.615. The van der Waals surface area contributed by atoms with E-state index in [1.165, 1.54) is 23.1 Å². The zero-order valence-electron chi connectivity index (χ0n) is 12.3. The summed E-state index contributed by atoms with van der Waals surface area (Å²) in [6.45, 7) is 2.41. The van der Waals surface area contributed by atoms with Gasteiger partial charge in [-0.2, -0.15) is 0 Å². The third kappa shape index (κ3) is 4.84. The van der Waals surface area contributed by atoms with Crippen molar-refractivity contribution in [3.05, 3.63) is 5.69 Å². The number of carbonyl (C=O) groups excluding carboxylic acids is 2. The minimum absolute atomic E-state index is 0. The molecule has 1 heterocycles. The highest BCUT2D eigenvalue weighted by Crippen LogP contribution is 2.34. The summed E-state index contributed by atoms with van der Waals surface area (Å²) in [5.74, 6) is 0.114. The van der Waals surface area contributed by atoms with Crippen LogP contribution in [0.4, 0.5) is 5.13 Å². The third-order valence-electron chi connectivity index (χ3n) is 3.63. The van der Waals surface area contributed by atoms with E-state index in [1.807, 2.05) is 6.92 Å². The van der Waals surface area contributed by atoms with Crippen molar-refractivity contribution in [2.45, 2.75) is 30.4 Å². The monoisotopic (exact) mass is 364 g/mol. The molecule has 124 valence electrons. The van der Waals surface area contributed by atoms with Crippen molar-refractivity contribution in [2.75, 3.05) is 17.6 Å². The number of anilines is 1. The number of nitrogens with one attached hydrogen (secondary N) is 1. The van der Waals surface area contributed by atoms with E-state index in [1.54, 1.807) is 0 Å². The normalized spacial score (nSPS) is 20.5. The Morgan fingerprint density at radius 2 is 2.18 bits per heavy atom. The molecule has 6 nitrogen and oxygen atoms in total. The first-order valence-corrected chi connectivity index (χ1v) is 8.71. The predicted molar refractivity (Wildman–Crippen MR) is 92.5 cm³/mol. The summed E-state index contributed by atoms with van der Waals surface area (Å²) in [6.07, 6.45) is 2.96. The molecule has 2 rings (SSSR count). The smallest absolute Gasteiger partial charge is 0.229 e. The van der Waals surface area contributed by atoms with Gasteiger partial charge < -0.3 is 16.8 Å². The molecule has 22 heavy (non-hydrogen) atoms. The van der Waals surface area contributed by atoms with Crippen LogP contribution in [0.3, 0.4) is 0 Å². The van der Waals surface area contributed by atoms with Crippen molar-refractivity contribution < 1.29 is 9.59 Å². The maximum Gasteiger partial charge on any atom is 0.229 e. The van der Waals surface area contributed by atoms with Crippen LogP contribution in [-0.2, 0) is 9.59 Å². The molecule has 0 aromatic carbocycles. The molecule has 1 aromatic heterocycles. The maximum absolute atomic E-state index is 12.3. The highest BCUT2D eigenvalue weighted by molar-refractivity contribution is 8.01. The van der Waals surface area contributed by atoms with Crippen LogP contribution in [0.25, 0.3) is 0 Å². The van der Waals surface area contributed by atoms with E-state index in [2.05, 4.69) is 10.3 Å². The predicted octanol–water partition coefficient (Wildman–Crippen LogP) is 1.76. The number of aromatic nitrogens is 1. The largest absolute Gasteiger partial charge is 0.369 e. The first kappa shape index (κ1) is 19.2. The first-order valence-electron chi connectivity index (χ1n) is 6.90. The van der Waals surface area contributed by atoms with Crippen LogP contribution in [0, 0.1) is 18.8 Å². The Kier molecular flexibility index (Phi) is 7.61. The second-order valence-electron chi connectivity index (χ2n) is 5.17. The molecular formula is C13H21ClN4O2S2. The average Bonchev–Trinajstić information content (AvgIpc) is 3.02. The number of aryl methyl sites for hydroxylation is 1. The molecule has 0 aliphatic heterocycles. The molecule has 0 saturated heterocycles. The van der Waals surface area contributed by atoms with E-state index in [4.69, 9.17) is 11.5 Å². The van der Waals surface area contributed by atoms with Gasteiger partial charge in [-0.05, 0) is 32.2 Å². The Bertz CT molecular complexity index is 538. The molecule has 1 aromatic rings. The van der Waals surface area contributed by atoms with E-state index < -0.39 is 0 Å². The lowest BCUT2D eigenvalue weighted by Gasteiger charge is -2.16. The first-order chi connectivity index (χ1) is 10.0. The number of hydrogen-bond acceptors (Lipinski definition) is 6. The summed E-state index contributed by atoms with van der Waals surface area (Å²) in [5, 5.41) is 3.46. The number of amides is 2. The number of halogens is 1. The number of thioether (sulfide) groups is 1. The van der Waals surface area contributed by atoms with Gasteiger partial charge in [0.2, 0.25) is 11.8 Å². The van der Waals surface area contributed by atoms with Gasteiger partial charge in [0.05, 0.1) is 15.7 Å². The molecule has 1 aliphatic carbocycles. The van der Waals surface area contributed by atoms with Gasteiger partial charge in [0.25, 0.3) is 0 Å². The van der Waals surface area contributed by atoms with Gasteiger partial charge in [0.1, 0.15) is 0 Å². The van der Waals surface area contributed by atoms with E-state index >= 15 is 0 Å². The SMILES string of the molecule is Cc1nc(NC(=O)[C@@H]2CCC[C@@H]2CN)sc1SCC(N)=O.Cl. The summed E-state index contributed by atoms with van der Waals surface area (Å²) in [5.41, 5.74) is 11.7. The van der Waals surface area contributed by atoms with Crippen LogP contribution in [-0.4, -0.2) is 29.1 Å². The summed E-state index contributed by atoms with van der Waals surface area (Å²) in [7, 11) is 0. The minimum Gasteiger partial charge on any atom is -0.369 e. The number of nitrogens with zero attached hydrogens (tertiary/aromatic N) is 1. The highest BCUT2D eigenvalue weighted by Gasteiger charge is 2.32. The second kappa shape index (κ2) is 8.71. The number of primary amides is 1. The van der Waals surface area contributed by atoms with Crippen LogP contribution >= 0.6 is 35.5 Å². The Hall–Kier alpha value is -0.830. The molecule has 0 radical (unpaired) electrons. The molecule has 0 spiro atoms. The Morgan fingerprint density at radius 1 is 1.45 bits per heavy atom. The van der Waals surface area contributed by atoms with E-state index in [-0.39, 0.29) is 41.8 Å². The topological polar surface area (TPSA) is 111 Å². The quantitative estimate of drug-likeness (QED) is 0.666. The van der Waals surface area contributed by atoms with Gasteiger partial charge >= 0.3 is 0 Å². The fourth-order valence-electron chi connectivity index (χ4n) is 2.57. The summed E-state index contributed by atoms with van der Waals surface area (Å²) in [6, 6.07) is 0. The van der Waals surface area contributed by atoms with Gasteiger partial charge in [0.15, 0.2) is 5.13 Å². The van der Waals surface area contributed by atoms with Crippen LogP contribution in [0.1, 0.15) is 25.0 Å². The van der Waals surface area contributed by atoms with Crippen LogP contribution in [0.15, 0.2) is 4.21 Å². The number of thiazole rings is 1. The Labute approximate surface area is 144 Å². The summed E-state index contributed by atoms with van der Waals surface area (Å²) >= 11 is 2.73. The van der Waals surface area contributed by atoms with Crippen molar-refractivity contribution in [3.63, 3.8) is 0 Å². The van der Waals surface area contributed by atoms with Gasteiger partial charge in [-0.1, -0.05) is 17.8 Å². The van der Waals surface area contributed by atoms with E-state index in [0.717, 1.165) is 29.2 Å². The second-order valence-corrected chi connectivity index (χ2v) is 7.41. The highest BCUT2D eigenvalue weighted by atomic mass is 35.5. The van der Waals surface area contributed by atoms with Crippen molar-refractivity contribution >= 4 is 52.5 Å². The standard InChI is InChI=1S/C13H20N4O2S2.ClH/c1-7-12(20-6-10(15)18)21-13(16-7)17-11(19)9-4-2-3-8(9)5-14;/h8-9H,2-6,14H2,1H3,(H2,15,18)(H,16,17,19);1H/t8-,9-;/m1./s1. The lowest BCUT2D eigenvalue weighted by molar-refractivity contribution is -0.120. The van der Waals surface area contributed by atoms with Crippen LogP contribution in [0.2, 0.25) is 0 Å². The number of hydrogen-bond donors (Lipinski definition) is 3. The van der Waals surface area contributed by atoms with E-state index in [9.17, 15) is 9.59 Å². The zero-order chi connectivity index (χ0) is 15.4. The lowest BCUT2D eigenvalue weighted by atomic mass is 9.95. The summed E-state index contributed by atoms with van der Waals surface area (Å²) < 4.78 is 0.908. The van der Waals surface area contributed by atoms with E-state index in [0.29, 0.717) is 11.7 Å². The Balaban J connectivity index is 0.00000242. The fourth-order valence-corrected chi connectivity index (χ4v) is 4.45. The molecule has 2 atom stereocenters. The van der Waals surface area contributed by atoms with Crippen LogP contribution in [0.5, 0.6) is 0 Å².